The van der Waals surface area contributed by atoms with E-state index in [0.717, 1.165) is 0 Å². The molecule has 1 rings (SSSR count). The van der Waals surface area contributed by atoms with E-state index in [2.05, 4.69) is 5.75 Å². The third kappa shape index (κ3) is 2.22. The minimum atomic E-state index is 1.34. The molecule has 41 valence electrons. The van der Waals surface area contributed by atoms with Crippen molar-refractivity contribution in [3.63, 3.8) is 0 Å². The Labute approximate surface area is 49.7 Å². The van der Waals surface area contributed by atoms with E-state index in [4.69, 9.17) is 0 Å². The standard InChI is InChI=1S/C6H11S/c1-2-4-6-7-5-3-1/h5H,1-4,6H2. The van der Waals surface area contributed by atoms with Gasteiger partial charge in [-0.05, 0) is 18.6 Å². The van der Waals surface area contributed by atoms with Gasteiger partial charge in [-0.3, -0.25) is 0 Å². The van der Waals surface area contributed by atoms with Gasteiger partial charge in [-0.25, -0.2) is 0 Å². The van der Waals surface area contributed by atoms with E-state index in [1.165, 1.54) is 31.4 Å². The van der Waals surface area contributed by atoms with Gasteiger partial charge in [-0.2, -0.15) is 11.8 Å². The van der Waals surface area contributed by atoms with Crippen molar-refractivity contribution in [2.45, 2.75) is 25.7 Å². The van der Waals surface area contributed by atoms with Crippen LogP contribution in [-0.2, 0) is 0 Å². The molecule has 0 saturated carbocycles. The van der Waals surface area contributed by atoms with Gasteiger partial charge >= 0.3 is 0 Å². The quantitative estimate of drug-likeness (QED) is 0.467. The molecular weight excluding hydrogens is 104 g/mol. The Bertz CT molecular complexity index is 23.8. The summed E-state index contributed by atoms with van der Waals surface area (Å²) in [6, 6.07) is 0. The normalized spacial score (nSPS) is 24.0. The molecule has 0 aromatic carbocycles. The summed E-state index contributed by atoms with van der Waals surface area (Å²) in [6.45, 7) is 0. The van der Waals surface area contributed by atoms with E-state index in [0.29, 0.717) is 0 Å². The molecule has 1 radical (unpaired) electrons. The molecule has 0 unspecified atom stereocenters. The lowest BCUT2D eigenvalue weighted by Crippen LogP contribution is -1.70. The van der Waals surface area contributed by atoms with Gasteiger partial charge in [-0.1, -0.05) is 12.8 Å². The predicted octanol–water partition coefficient (Wildman–Crippen LogP) is 2.46. The first-order valence-electron chi connectivity index (χ1n) is 2.93. The molecular formula is C6H11S. The van der Waals surface area contributed by atoms with Crippen LogP contribution in [0.15, 0.2) is 0 Å². The minimum Gasteiger partial charge on any atom is -0.157 e. The van der Waals surface area contributed by atoms with E-state index < -0.39 is 0 Å². The number of hydrogen-bond donors (Lipinski definition) is 0. The molecule has 0 amide bonds. The lowest BCUT2D eigenvalue weighted by atomic mass is 10.2. The van der Waals surface area contributed by atoms with Crippen LogP contribution in [0.25, 0.3) is 0 Å². The second-order valence-corrected chi connectivity index (χ2v) is 2.96. The van der Waals surface area contributed by atoms with Crippen molar-refractivity contribution in [1.82, 2.24) is 0 Å². The average molecular weight is 115 g/mol. The number of hydrogen-bond acceptors (Lipinski definition) is 1. The van der Waals surface area contributed by atoms with Gasteiger partial charge in [0.15, 0.2) is 0 Å². The Kier molecular flexibility index (Phi) is 2.64. The van der Waals surface area contributed by atoms with Crippen molar-refractivity contribution in [3.8, 4) is 0 Å². The summed E-state index contributed by atoms with van der Waals surface area (Å²) in [6.07, 6.45) is 5.64. The largest absolute Gasteiger partial charge is 0.157 e. The highest BCUT2D eigenvalue weighted by molar-refractivity contribution is 8.01. The van der Waals surface area contributed by atoms with Crippen LogP contribution in [0.1, 0.15) is 25.7 Å². The molecule has 1 heterocycles. The van der Waals surface area contributed by atoms with Crippen molar-refractivity contribution in [3.05, 3.63) is 5.75 Å². The predicted molar refractivity (Wildman–Crippen MR) is 35.2 cm³/mol. The summed E-state index contributed by atoms with van der Waals surface area (Å²) < 4.78 is 0. The van der Waals surface area contributed by atoms with E-state index >= 15 is 0 Å². The maximum atomic E-state index is 2.34. The molecule has 1 saturated heterocycles. The molecule has 1 aliphatic rings. The van der Waals surface area contributed by atoms with E-state index in [-0.39, 0.29) is 0 Å². The summed E-state index contributed by atoms with van der Waals surface area (Å²) in [5.41, 5.74) is 0. The van der Waals surface area contributed by atoms with Gasteiger partial charge in [0, 0.05) is 5.75 Å². The van der Waals surface area contributed by atoms with Crippen LogP contribution in [-0.4, -0.2) is 5.75 Å². The molecule has 1 fully saturated rings. The topological polar surface area (TPSA) is 0 Å². The molecule has 0 nitrogen and oxygen atoms in total. The van der Waals surface area contributed by atoms with E-state index in [9.17, 15) is 0 Å². The highest BCUT2D eigenvalue weighted by Gasteiger charge is 1.96. The first-order chi connectivity index (χ1) is 3.50. The highest BCUT2D eigenvalue weighted by Crippen LogP contribution is 2.19. The Hall–Kier alpha value is 0.350. The summed E-state index contributed by atoms with van der Waals surface area (Å²) >= 11 is 1.99. The van der Waals surface area contributed by atoms with Gasteiger partial charge in [0.05, 0.1) is 0 Å². The Balaban J connectivity index is 2.04. The molecule has 0 aromatic rings. The third-order valence-corrected chi connectivity index (χ3v) is 2.20. The van der Waals surface area contributed by atoms with Crippen molar-refractivity contribution < 1.29 is 0 Å². The van der Waals surface area contributed by atoms with Crippen molar-refractivity contribution in [2.75, 3.05) is 5.75 Å². The molecule has 0 aromatic heterocycles. The SMILES string of the molecule is [CH]1CCCCCS1. The highest BCUT2D eigenvalue weighted by atomic mass is 32.2. The molecule has 0 spiro atoms. The maximum Gasteiger partial charge on any atom is 0.0166 e. The van der Waals surface area contributed by atoms with Crippen molar-refractivity contribution >= 4 is 11.8 Å². The van der Waals surface area contributed by atoms with Gasteiger partial charge < -0.3 is 0 Å². The van der Waals surface area contributed by atoms with Crippen LogP contribution in [0, 0.1) is 5.75 Å². The zero-order valence-electron chi connectivity index (χ0n) is 4.52. The van der Waals surface area contributed by atoms with Crippen LogP contribution in [0.3, 0.4) is 0 Å². The van der Waals surface area contributed by atoms with Gasteiger partial charge in [-0.15, -0.1) is 0 Å². The molecule has 0 bridgehead atoms. The second-order valence-electron chi connectivity index (χ2n) is 1.89. The van der Waals surface area contributed by atoms with E-state index in [1.54, 1.807) is 0 Å². The number of rotatable bonds is 0. The Morgan fingerprint density at radius 2 is 2.14 bits per heavy atom. The zero-order valence-corrected chi connectivity index (χ0v) is 5.34. The first-order valence-corrected chi connectivity index (χ1v) is 3.98. The second kappa shape index (κ2) is 3.36. The van der Waals surface area contributed by atoms with Crippen molar-refractivity contribution in [1.29, 1.82) is 0 Å². The maximum absolute atomic E-state index is 2.34. The summed E-state index contributed by atoms with van der Waals surface area (Å²) in [5.74, 6) is 3.70. The van der Waals surface area contributed by atoms with E-state index in [1.807, 2.05) is 11.8 Å². The van der Waals surface area contributed by atoms with Crippen LogP contribution in [0.4, 0.5) is 0 Å². The fourth-order valence-corrected chi connectivity index (χ4v) is 1.63. The molecule has 0 atom stereocenters. The average Bonchev–Trinajstić information content (AvgIpc) is 1.90. The molecule has 1 aliphatic heterocycles. The fourth-order valence-electron chi connectivity index (χ4n) is 0.757. The van der Waals surface area contributed by atoms with Crippen LogP contribution < -0.4 is 0 Å². The Morgan fingerprint density at radius 1 is 1.14 bits per heavy atom. The summed E-state index contributed by atoms with van der Waals surface area (Å²) in [7, 11) is 0. The monoisotopic (exact) mass is 115 g/mol. The van der Waals surface area contributed by atoms with Crippen LogP contribution >= 0.6 is 11.8 Å². The molecule has 0 N–H and O–H groups in total. The number of thioether (sulfide) groups is 1. The Morgan fingerprint density at radius 3 is 3.14 bits per heavy atom. The lowest BCUT2D eigenvalue weighted by molar-refractivity contribution is 0.741. The molecule has 0 aliphatic carbocycles. The smallest absolute Gasteiger partial charge is 0.0166 e. The summed E-state index contributed by atoms with van der Waals surface area (Å²) in [4.78, 5) is 0. The van der Waals surface area contributed by atoms with Gasteiger partial charge in [0.2, 0.25) is 0 Å². The van der Waals surface area contributed by atoms with Crippen LogP contribution in [0.2, 0.25) is 0 Å². The minimum absolute atomic E-state index is 1.34. The summed E-state index contributed by atoms with van der Waals surface area (Å²) in [5, 5.41) is 0. The van der Waals surface area contributed by atoms with Crippen molar-refractivity contribution in [2.24, 2.45) is 0 Å². The first kappa shape index (κ1) is 5.49. The lowest BCUT2D eigenvalue weighted by Gasteiger charge is -1.86. The van der Waals surface area contributed by atoms with Gasteiger partial charge in [0.25, 0.3) is 0 Å². The zero-order chi connectivity index (χ0) is 4.95. The fraction of sp³-hybridized carbons (Fsp3) is 0.833. The third-order valence-electron chi connectivity index (χ3n) is 1.20. The van der Waals surface area contributed by atoms with Crippen LogP contribution in [0.5, 0.6) is 0 Å². The molecule has 7 heavy (non-hydrogen) atoms. The van der Waals surface area contributed by atoms with Gasteiger partial charge in [0.1, 0.15) is 0 Å². The molecule has 1 heteroatoms.